The van der Waals surface area contributed by atoms with Gasteiger partial charge in [0, 0.05) is 25.2 Å². The van der Waals surface area contributed by atoms with Crippen LogP contribution in [0.15, 0.2) is 47.5 Å². The van der Waals surface area contributed by atoms with Gasteiger partial charge in [-0.2, -0.15) is 10.4 Å². The van der Waals surface area contributed by atoms with Crippen molar-refractivity contribution in [1.82, 2.24) is 20.1 Å². The molecule has 186 valence electrons. The molecule has 3 N–H and O–H groups in total. The molecule has 0 amide bonds. The second kappa shape index (κ2) is 8.95. The van der Waals surface area contributed by atoms with E-state index < -0.39 is 14.6 Å². The fourth-order valence-electron chi connectivity index (χ4n) is 4.26. The van der Waals surface area contributed by atoms with E-state index >= 15 is 0 Å². The van der Waals surface area contributed by atoms with Crippen molar-refractivity contribution in [3.63, 3.8) is 0 Å². The van der Waals surface area contributed by atoms with Crippen LogP contribution in [0, 0.1) is 11.3 Å². The molecule has 0 bridgehead atoms. The highest BCUT2D eigenvalue weighted by Crippen LogP contribution is 2.50. The highest BCUT2D eigenvalue weighted by molar-refractivity contribution is 7.94. The second-order valence-corrected chi connectivity index (χ2v) is 12.0. The highest BCUT2D eigenvalue weighted by Gasteiger charge is 2.60. The number of benzene rings is 1. The average Bonchev–Trinajstić information content (AvgIpc) is 3.79. The zero-order valence-electron chi connectivity index (χ0n) is 19.8. The van der Waals surface area contributed by atoms with Crippen LogP contribution in [0.25, 0.3) is 16.6 Å². The van der Waals surface area contributed by atoms with Gasteiger partial charge in [-0.05, 0) is 49.4 Å². The van der Waals surface area contributed by atoms with Crippen LogP contribution >= 0.6 is 0 Å². The van der Waals surface area contributed by atoms with Crippen LogP contribution in [0.5, 0.6) is 5.88 Å². The summed E-state index contributed by atoms with van der Waals surface area (Å²) in [7, 11) is -1.64. The van der Waals surface area contributed by atoms with Gasteiger partial charge >= 0.3 is 0 Å². The minimum Gasteiger partial charge on any atom is -0.473 e. The van der Waals surface area contributed by atoms with Crippen molar-refractivity contribution in [2.24, 2.45) is 12.8 Å². The third-order valence-electron chi connectivity index (χ3n) is 6.80. The number of hydrogen-bond acceptors (Lipinski definition) is 9. The molecule has 0 unspecified atom stereocenters. The molecule has 11 heteroatoms. The molecule has 0 atom stereocenters. The lowest BCUT2D eigenvalue weighted by atomic mass is 10.1. The van der Waals surface area contributed by atoms with Gasteiger partial charge in [0.2, 0.25) is 0 Å². The van der Waals surface area contributed by atoms with Gasteiger partial charge in [-0.3, -0.25) is 4.79 Å². The Labute approximate surface area is 208 Å². The molecule has 1 aromatic carbocycles. The maximum atomic E-state index is 13.1. The number of nitrogens with zero attached hydrogens (tertiary/aromatic N) is 4. The van der Waals surface area contributed by atoms with Crippen molar-refractivity contribution in [3.8, 4) is 11.9 Å². The van der Waals surface area contributed by atoms with Gasteiger partial charge in [0.1, 0.15) is 16.9 Å². The Morgan fingerprint density at radius 1 is 1.33 bits per heavy atom. The number of aryl methyl sites for hydroxylation is 1. The fraction of sp³-hybridized carbons (Fsp3) is 0.360. The number of ether oxygens (including phenoxy) is 1. The Morgan fingerprint density at radius 3 is 2.69 bits per heavy atom. The Bertz CT molecular complexity index is 1560. The monoisotopic (exact) mass is 506 g/mol. The summed E-state index contributed by atoms with van der Waals surface area (Å²) in [5.74, 6) is 0.123. The Morgan fingerprint density at radius 2 is 2.06 bits per heavy atom. The van der Waals surface area contributed by atoms with Gasteiger partial charge < -0.3 is 20.4 Å². The molecular formula is C25H26N6O4S. The van der Waals surface area contributed by atoms with E-state index in [0.717, 1.165) is 5.56 Å². The third kappa shape index (κ3) is 4.28. The summed E-state index contributed by atoms with van der Waals surface area (Å²) in [6.45, 7) is 0.464. The number of fused-ring (bicyclic) bond motifs is 1. The first-order valence-electron chi connectivity index (χ1n) is 11.7. The Balaban J connectivity index is 1.36. The quantitative estimate of drug-likeness (QED) is 0.442. The highest BCUT2D eigenvalue weighted by atomic mass is 32.2. The fourth-order valence-corrected chi connectivity index (χ4v) is 6.62. The van der Waals surface area contributed by atoms with Gasteiger partial charge in [-0.25, -0.2) is 8.42 Å². The molecule has 2 aromatic heterocycles. The van der Waals surface area contributed by atoms with E-state index in [1.165, 1.54) is 10.8 Å². The van der Waals surface area contributed by atoms with Crippen molar-refractivity contribution in [3.05, 3.63) is 69.8 Å². The molecule has 10 nitrogen and oxygen atoms in total. The molecule has 2 aliphatic rings. The summed E-state index contributed by atoms with van der Waals surface area (Å²) in [5, 5.41) is 20.4. The van der Waals surface area contributed by atoms with E-state index in [-0.39, 0.29) is 34.6 Å². The van der Waals surface area contributed by atoms with Crippen LogP contribution < -0.4 is 21.3 Å². The first-order valence-corrected chi connectivity index (χ1v) is 13.2. The molecule has 3 aromatic rings. The predicted octanol–water partition coefficient (Wildman–Crippen LogP) is 1.74. The van der Waals surface area contributed by atoms with Crippen LogP contribution in [-0.4, -0.2) is 39.8 Å². The number of sulfone groups is 1. The SMILES string of the molecule is Cn1c(=O)c(/C(N)=C/NCc2ccc(C#N)cc2)cc2cnnc(OCC3(S(=O)(=O)C4CC4)CC3)c21. The number of nitriles is 1. The third-order valence-corrected chi connectivity index (χ3v) is 9.88. The van der Waals surface area contributed by atoms with Crippen LogP contribution in [0.2, 0.25) is 0 Å². The maximum absolute atomic E-state index is 13.1. The molecule has 0 spiro atoms. The minimum absolute atomic E-state index is 0.00310. The van der Waals surface area contributed by atoms with E-state index in [2.05, 4.69) is 21.6 Å². The van der Waals surface area contributed by atoms with Gasteiger partial charge in [0.05, 0.1) is 34.3 Å². The van der Waals surface area contributed by atoms with Gasteiger partial charge in [-0.1, -0.05) is 12.1 Å². The van der Waals surface area contributed by atoms with Crippen LogP contribution in [0.4, 0.5) is 0 Å². The number of nitrogens with two attached hydrogens (primary N) is 1. The first-order chi connectivity index (χ1) is 17.3. The van der Waals surface area contributed by atoms with Gasteiger partial charge in [0.15, 0.2) is 9.84 Å². The molecule has 2 fully saturated rings. The lowest BCUT2D eigenvalue weighted by molar-refractivity contribution is 0.293. The largest absolute Gasteiger partial charge is 0.473 e. The molecule has 2 aliphatic carbocycles. The zero-order chi connectivity index (χ0) is 25.5. The summed E-state index contributed by atoms with van der Waals surface area (Å²) in [5.41, 5.74) is 8.37. The van der Waals surface area contributed by atoms with E-state index in [9.17, 15) is 13.2 Å². The Kier molecular flexibility index (Phi) is 5.92. The topological polar surface area (TPSA) is 153 Å². The van der Waals surface area contributed by atoms with Crippen LogP contribution in [-0.2, 0) is 23.4 Å². The van der Waals surface area contributed by atoms with E-state index in [1.54, 1.807) is 31.4 Å². The summed E-state index contributed by atoms with van der Waals surface area (Å²) >= 11 is 0. The van der Waals surface area contributed by atoms with Crippen molar-refractivity contribution < 1.29 is 13.2 Å². The standard InChI is InChI=1S/C25H26N6O4S/c1-31-22-18(13-29-30-23(22)35-15-25(8-9-25)36(33,34)19-6-7-19)10-20(24(31)32)21(27)14-28-12-17-4-2-16(11-26)3-5-17/h2-5,10,13-14,19,28H,6-9,12,15,27H2,1H3/b21-14-. The van der Waals surface area contributed by atoms with E-state index in [1.807, 2.05) is 12.1 Å². The van der Waals surface area contributed by atoms with Crippen LogP contribution in [0.1, 0.15) is 42.4 Å². The molecule has 5 rings (SSSR count). The molecule has 2 heterocycles. The maximum Gasteiger partial charge on any atom is 0.260 e. The van der Waals surface area contributed by atoms with Crippen molar-refractivity contribution >= 4 is 26.4 Å². The van der Waals surface area contributed by atoms with Crippen molar-refractivity contribution in [2.75, 3.05) is 6.61 Å². The van der Waals surface area contributed by atoms with E-state index in [4.69, 9.17) is 15.7 Å². The smallest absolute Gasteiger partial charge is 0.260 e. The molecule has 0 saturated heterocycles. The molecule has 36 heavy (non-hydrogen) atoms. The molecule has 0 radical (unpaired) electrons. The lowest BCUT2D eigenvalue weighted by Crippen LogP contribution is -2.33. The zero-order valence-corrected chi connectivity index (χ0v) is 20.6. The van der Waals surface area contributed by atoms with Crippen LogP contribution in [0.3, 0.4) is 0 Å². The molecular weight excluding hydrogens is 480 g/mol. The average molecular weight is 507 g/mol. The molecule has 2 saturated carbocycles. The van der Waals surface area contributed by atoms with Gasteiger partial charge in [-0.15, -0.1) is 5.10 Å². The first kappa shape index (κ1) is 23.8. The Hall–Kier alpha value is -3.91. The number of nitrogens with one attached hydrogen (secondary N) is 1. The summed E-state index contributed by atoms with van der Waals surface area (Å²) in [6, 6.07) is 10.8. The second-order valence-electron chi connectivity index (χ2n) is 9.38. The molecule has 0 aliphatic heterocycles. The number of pyridine rings is 1. The van der Waals surface area contributed by atoms with E-state index in [0.29, 0.717) is 48.7 Å². The van der Waals surface area contributed by atoms with Crippen molar-refractivity contribution in [2.45, 2.75) is 42.2 Å². The summed E-state index contributed by atoms with van der Waals surface area (Å²) in [4.78, 5) is 13.1. The number of rotatable bonds is 9. The number of hydrogen-bond donors (Lipinski definition) is 2. The minimum atomic E-state index is -3.23. The normalized spacial score (nSPS) is 16.9. The summed E-state index contributed by atoms with van der Waals surface area (Å²) < 4.78 is 32.0. The van der Waals surface area contributed by atoms with Gasteiger partial charge in [0.25, 0.3) is 11.4 Å². The summed E-state index contributed by atoms with van der Waals surface area (Å²) in [6.07, 6.45) is 5.65. The number of aromatic nitrogens is 3. The predicted molar refractivity (Wildman–Crippen MR) is 134 cm³/mol. The van der Waals surface area contributed by atoms with Crippen molar-refractivity contribution in [1.29, 1.82) is 5.26 Å². The lowest BCUT2D eigenvalue weighted by Gasteiger charge is -2.18.